The van der Waals surface area contributed by atoms with Crippen molar-refractivity contribution < 1.29 is 14.4 Å². The van der Waals surface area contributed by atoms with Crippen molar-refractivity contribution >= 4 is 45.9 Å². The van der Waals surface area contributed by atoms with E-state index < -0.39 is 5.37 Å². The molecule has 0 spiro atoms. The number of aryl methyl sites for hydroxylation is 1. The van der Waals surface area contributed by atoms with Gasteiger partial charge < -0.3 is 10.6 Å². The number of carbonyl (C=O) groups is 3. The lowest BCUT2D eigenvalue weighted by atomic mass is 10.2. The van der Waals surface area contributed by atoms with Gasteiger partial charge in [0.1, 0.15) is 0 Å². The molecule has 1 heterocycles. The van der Waals surface area contributed by atoms with Gasteiger partial charge in [-0.15, -0.1) is 0 Å². The fourth-order valence-corrected chi connectivity index (χ4v) is 3.34. The third-order valence-electron chi connectivity index (χ3n) is 3.64. The summed E-state index contributed by atoms with van der Waals surface area (Å²) in [6, 6.07) is 14.2. The van der Waals surface area contributed by atoms with Gasteiger partial charge in [0.2, 0.25) is 5.91 Å². The molecule has 0 aliphatic carbocycles. The van der Waals surface area contributed by atoms with Crippen molar-refractivity contribution in [3.63, 3.8) is 0 Å². The molecule has 0 bridgehead atoms. The van der Waals surface area contributed by atoms with Gasteiger partial charge in [-0.1, -0.05) is 17.7 Å². The number of thioether (sulfide) groups is 1. The first kappa shape index (κ1) is 17.0. The molecule has 2 aromatic rings. The Morgan fingerprint density at radius 1 is 1.00 bits per heavy atom. The maximum atomic E-state index is 12.6. The van der Waals surface area contributed by atoms with E-state index in [0.29, 0.717) is 17.1 Å². The van der Waals surface area contributed by atoms with Crippen LogP contribution in [0.25, 0.3) is 0 Å². The highest BCUT2D eigenvalue weighted by Crippen LogP contribution is 2.32. The summed E-state index contributed by atoms with van der Waals surface area (Å²) in [7, 11) is 0. The van der Waals surface area contributed by atoms with Crippen molar-refractivity contribution in [2.45, 2.75) is 19.2 Å². The Kier molecular flexibility index (Phi) is 4.76. The third kappa shape index (κ3) is 3.83. The summed E-state index contributed by atoms with van der Waals surface area (Å²) in [5.74, 6) is -0.452. The number of nitrogens with one attached hydrogen (secondary N) is 2. The quantitative estimate of drug-likeness (QED) is 0.876. The Bertz CT molecular complexity index is 818. The minimum absolute atomic E-state index is 0.151. The first-order valence-corrected chi connectivity index (χ1v) is 8.57. The van der Waals surface area contributed by atoms with Crippen molar-refractivity contribution in [1.82, 2.24) is 0 Å². The van der Waals surface area contributed by atoms with Crippen LogP contribution in [0.1, 0.15) is 12.5 Å². The van der Waals surface area contributed by atoms with Crippen LogP contribution in [0.15, 0.2) is 48.5 Å². The summed E-state index contributed by atoms with van der Waals surface area (Å²) in [5.41, 5.74) is 2.99. The van der Waals surface area contributed by atoms with Crippen LogP contribution in [0.3, 0.4) is 0 Å². The fraction of sp³-hybridized carbons (Fsp3) is 0.167. The minimum Gasteiger partial charge on any atom is -0.365 e. The zero-order chi connectivity index (χ0) is 18.0. The first-order valence-electron chi connectivity index (χ1n) is 7.69. The number of hydrogen-bond acceptors (Lipinski definition) is 5. The molecule has 0 unspecified atom stereocenters. The summed E-state index contributed by atoms with van der Waals surface area (Å²) >= 11 is 0.947. The summed E-state index contributed by atoms with van der Waals surface area (Å²) in [4.78, 5) is 37.0. The van der Waals surface area contributed by atoms with Gasteiger partial charge in [-0.3, -0.25) is 14.4 Å². The average Bonchev–Trinajstić information content (AvgIpc) is 2.84. The SMILES string of the molecule is CC(=O)Nc1ccc(N[C@H]2SC(=O)N(c3ccc(C)cc3)C2=O)cc1. The van der Waals surface area contributed by atoms with Crippen LogP contribution >= 0.6 is 11.8 Å². The molecule has 0 aromatic heterocycles. The molecule has 3 amide bonds. The molecule has 6 nitrogen and oxygen atoms in total. The van der Waals surface area contributed by atoms with Crippen LogP contribution in [0.2, 0.25) is 0 Å². The predicted molar refractivity (Wildman–Crippen MR) is 99.8 cm³/mol. The van der Waals surface area contributed by atoms with Gasteiger partial charge in [0.05, 0.1) is 5.69 Å². The number of nitrogens with zero attached hydrogens (tertiary/aromatic N) is 1. The molecule has 0 saturated carbocycles. The molecule has 1 aliphatic rings. The van der Waals surface area contributed by atoms with Crippen LogP contribution in [-0.4, -0.2) is 22.4 Å². The normalized spacial score (nSPS) is 16.9. The second-order valence-corrected chi connectivity index (χ2v) is 6.73. The predicted octanol–water partition coefficient (Wildman–Crippen LogP) is 3.59. The summed E-state index contributed by atoms with van der Waals surface area (Å²) in [5, 5.41) is 4.74. The van der Waals surface area contributed by atoms with Crippen LogP contribution in [0, 0.1) is 6.92 Å². The lowest BCUT2D eigenvalue weighted by Crippen LogP contribution is -2.34. The van der Waals surface area contributed by atoms with Gasteiger partial charge >= 0.3 is 0 Å². The van der Waals surface area contributed by atoms with Gasteiger partial charge in [0.15, 0.2) is 5.37 Å². The van der Waals surface area contributed by atoms with E-state index in [9.17, 15) is 14.4 Å². The van der Waals surface area contributed by atoms with Gasteiger partial charge in [-0.25, -0.2) is 4.90 Å². The van der Waals surface area contributed by atoms with Crippen LogP contribution in [0.5, 0.6) is 0 Å². The molecule has 1 aliphatic heterocycles. The number of anilines is 3. The third-order valence-corrected chi connectivity index (χ3v) is 4.58. The van der Waals surface area contributed by atoms with E-state index in [0.717, 1.165) is 17.3 Å². The Morgan fingerprint density at radius 3 is 2.20 bits per heavy atom. The second kappa shape index (κ2) is 6.98. The molecular formula is C18H17N3O3S. The first-order chi connectivity index (χ1) is 11.9. The van der Waals surface area contributed by atoms with E-state index in [1.165, 1.54) is 11.8 Å². The highest BCUT2D eigenvalue weighted by molar-refractivity contribution is 8.16. The van der Waals surface area contributed by atoms with Crippen LogP contribution in [-0.2, 0) is 9.59 Å². The monoisotopic (exact) mass is 355 g/mol. The summed E-state index contributed by atoms with van der Waals surface area (Å²) in [6.07, 6.45) is 0. The lowest BCUT2D eigenvalue weighted by Gasteiger charge is -2.15. The molecule has 1 fully saturated rings. The summed E-state index contributed by atoms with van der Waals surface area (Å²) in [6.45, 7) is 3.38. The molecule has 0 radical (unpaired) electrons. The fourth-order valence-electron chi connectivity index (χ4n) is 2.43. The highest BCUT2D eigenvalue weighted by Gasteiger charge is 2.40. The van der Waals surface area contributed by atoms with E-state index in [-0.39, 0.29) is 17.1 Å². The largest absolute Gasteiger partial charge is 0.365 e. The molecule has 7 heteroatoms. The van der Waals surface area contributed by atoms with Gasteiger partial charge in [0.25, 0.3) is 11.1 Å². The Balaban J connectivity index is 1.71. The van der Waals surface area contributed by atoms with Gasteiger partial charge in [-0.2, -0.15) is 0 Å². The van der Waals surface area contributed by atoms with Crippen molar-refractivity contribution in [3.8, 4) is 0 Å². The molecule has 3 rings (SSSR count). The second-order valence-electron chi connectivity index (χ2n) is 5.68. The number of imide groups is 1. The molecule has 25 heavy (non-hydrogen) atoms. The molecular weight excluding hydrogens is 338 g/mol. The highest BCUT2D eigenvalue weighted by atomic mass is 32.2. The maximum Gasteiger partial charge on any atom is 0.295 e. The Labute approximate surface area is 149 Å². The van der Waals surface area contributed by atoms with Gasteiger partial charge in [0, 0.05) is 18.3 Å². The molecule has 2 N–H and O–H groups in total. The van der Waals surface area contributed by atoms with E-state index in [1.54, 1.807) is 36.4 Å². The summed E-state index contributed by atoms with van der Waals surface area (Å²) < 4.78 is 0. The van der Waals surface area contributed by atoms with Crippen LogP contribution in [0.4, 0.5) is 21.9 Å². The molecule has 1 saturated heterocycles. The van der Waals surface area contributed by atoms with E-state index in [2.05, 4.69) is 10.6 Å². The number of rotatable bonds is 4. The molecule has 2 aromatic carbocycles. The molecule has 1 atom stereocenters. The van der Waals surface area contributed by atoms with E-state index in [4.69, 9.17) is 0 Å². The van der Waals surface area contributed by atoms with Crippen LogP contribution < -0.4 is 15.5 Å². The number of amides is 3. The minimum atomic E-state index is -0.680. The van der Waals surface area contributed by atoms with Crippen molar-refractivity contribution in [2.24, 2.45) is 0 Å². The standard InChI is InChI=1S/C18H17N3O3S/c1-11-3-9-15(10-4-11)21-17(23)16(25-18(21)24)20-14-7-5-13(6-8-14)19-12(2)22/h3-10,16,20H,1-2H3,(H,19,22)/t16-/m0/s1. The number of carbonyl (C=O) groups excluding carboxylic acids is 3. The Hall–Kier alpha value is -2.80. The molecule has 128 valence electrons. The van der Waals surface area contributed by atoms with Gasteiger partial charge in [-0.05, 0) is 55.1 Å². The van der Waals surface area contributed by atoms with E-state index >= 15 is 0 Å². The lowest BCUT2D eigenvalue weighted by molar-refractivity contribution is -0.116. The zero-order valence-corrected chi connectivity index (χ0v) is 14.6. The van der Waals surface area contributed by atoms with Crippen molar-refractivity contribution in [1.29, 1.82) is 0 Å². The zero-order valence-electron chi connectivity index (χ0n) is 13.8. The smallest absolute Gasteiger partial charge is 0.295 e. The number of benzene rings is 2. The Morgan fingerprint density at radius 2 is 1.60 bits per heavy atom. The van der Waals surface area contributed by atoms with E-state index in [1.807, 2.05) is 19.1 Å². The number of hydrogen-bond donors (Lipinski definition) is 2. The van der Waals surface area contributed by atoms with Crippen molar-refractivity contribution in [3.05, 3.63) is 54.1 Å². The average molecular weight is 355 g/mol. The van der Waals surface area contributed by atoms with Crippen molar-refractivity contribution in [2.75, 3.05) is 15.5 Å². The topological polar surface area (TPSA) is 78.5 Å². The maximum absolute atomic E-state index is 12.6.